The summed E-state index contributed by atoms with van der Waals surface area (Å²) < 4.78 is 6.72. The van der Waals surface area contributed by atoms with Crippen molar-refractivity contribution in [1.29, 1.82) is 0 Å². The lowest BCUT2D eigenvalue weighted by Crippen LogP contribution is -2.45. The average Bonchev–Trinajstić information content (AvgIpc) is 2.23. The molecule has 1 saturated carbocycles. The van der Waals surface area contributed by atoms with E-state index in [-0.39, 0.29) is 0 Å². The summed E-state index contributed by atoms with van der Waals surface area (Å²) in [5.41, 5.74) is 1.32. The minimum atomic E-state index is 0.488. The highest BCUT2D eigenvalue weighted by Crippen LogP contribution is 2.24. The van der Waals surface area contributed by atoms with Crippen molar-refractivity contribution < 1.29 is 4.74 Å². The molecule has 1 fully saturated rings. The predicted molar refractivity (Wildman–Crippen MR) is 69.4 cm³/mol. The fourth-order valence-electron chi connectivity index (χ4n) is 2.00. The Morgan fingerprint density at radius 1 is 1.38 bits per heavy atom. The van der Waals surface area contributed by atoms with Gasteiger partial charge in [-0.25, -0.2) is 0 Å². The van der Waals surface area contributed by atoms with Crippen LogP contribution < -0.4 is 5.32 Å². The summed E-state index contributed by atoms with van der Waals surface area (Å²) in [6, 6.07) is 8.98. The molecule has 0 heterocycles. The van der Waals surface area contributed by atoms with Crippen LogP contribution in [0.15, 0.2) is 28.7 Å². The van der Waals surface area contributed by atoms with E-state index < -0.39 is 0 Å². The minimum Gasteiger partial charge on any atom is -0.378 e. The molecule has 16 heavy (non-hydrogen) atoms. The Morgan fingerprint density at radius 3 is 2.81 bits per heavy atom. The molecule has 0 spiro atoms. The van der Waals surface area contributed by atoms with Crippen molar-refractivity contribution in [2.45, 2.75) is 38.5 Å². The first-order valence-electron chi connectivity index (χ1n) is 5.88. The van der Waals surface area contributed by atoms with Crippen molar-refractivity contribution in [3.63, 3.8) is 0 Å². The van der Waals surface area contributed by atoms with E-state index in [0.29, 0.717) is 12.1 Å². The van der Waals surface area contributed by atoms with Gasteiger partial charge in [-0.05, 0) is 31.4 Å². The summed E-state index contributed by atoms with van der Waals surface area (Å²) in [4.78, 5) is 0. The van der Waals surface area contributed by atoms with E-state index in [1.807, 2.05) is 6.07 Å². The fraction of sp³-hybridized carbons (Fsp3) is 0.538. The normalized spacial score (nSPS) is 24.1. The third-order valence-corrected chi connectivity index (χ3v) is 3.81. The van der Waals surface area contributed by atoms with E-state index in [4.69, 9.17) is 4.74 Å². The summed E-state index contributed by atoms with van der Waals surface area (Å²) in [5, 5.41) is 3.55. The Kier molecular flexibility index (Phi) is 4.38. The monoisotopic (exact) mass is 283 g/mol. The quantitative estimate of drug-likeness (QED) is 0.897. The molecule has 1 aromatic rings. The number of benzene rings is 1. The third-order valence-electron chi connectivity index (χ3n) is 3.04. The van der Waals surface area contributed by atoms with Gasteiger partial charge in [0.25, 0.3) is 0 Å². The predicted octanol–water partition coefficient (Wildman–Crippen LogP) is 3.11. The molecule has 1 aliphatic carbocycles. The van der Waals surface area contributed by atoms with Crippen LogP contribution in [0.4, 0.5) is 0 Å². The highest BCUT2D eigenvalue weighted by Gasteiger charge is 2.28. The Morgan fingerprint density at radius 2 is 2.12 bits per heavy atom. The summed E-state index contributed by atoms with van der Waals surface area (Å²) in [5.74, 6) is 0. The SMILES string of the molecule is CCOC1CC(NCc2ccccc2Br)C1. The molecule has 0 unspecified atom stereocenters. The largest absolute Gasteiger partial charge is 0.378 e. The molecule has 2 rings (SSSR count). The van der Waals surface area contributed by atoms with Crippen LogP contribution in [0.5, 0.6) is 0 Å². The second-order valence-electron chi connectivity index (χ2n) is 4.22. The third kappa shape index (κ3) is 3.06. The molecule has 0 bridgehead atoms. The Hall–Kier alpha value is -0.380. The first-order chi connectivity index (χ1) is 7.79. The van der Waals surface area contributed by atoms with Gasteiger partial charge in [0.15, 0.2) is 0 Å². The van der Waals surface area contributed by atoms with E-state index in [9.17, 15) is 0 Å². The molecular weight excluding hydrogens is 266 g/mol. The molecule has 1 N–H and O–H groups in total. The number of rotatable bonds is 5. The minimum absolute atomic E-state index is 0.488. The van der Waals surface area contributed by atoms with E-state index in [0.717, 1.165) is 26.0 Å². The first-order valence-corrected chi connectivity index (χ1v) is 6.67. The maximum Gasteiger partial charge on any atom is 0.0604 e. The fourth-order valence-corrected chi connectivity index (χ4v) is 2.43. The Bertz CT molecular complexity index is 336. The second-order valence-corrected chi connectivity index (χ2v) is 5.07. The Labute approximate surface area is 106 Å². The number of halogens is 1. The van der Waals surface area contributed by atoms with Crippen molar-refractivity contribution in [3.8, 4) is 0 Å². The van der Waals surface area contributed by atoms with E-state index in [2.05, 4.69) is 46.4 Å². The van der Waals surface area contributed by atoms with Gasteiger partial charge < -0.3 is 10.1 Å². The summed E-state index contributed by atoms with van der Waals surface area (Å²) in [6.45, 7) is 3.83. The molecule has 2 nitrogen and oxygen atoms in total. The van der Waals surface area contributed by atoms with Gasteiger partial charge in [-0.15, -0.1) is 0 Å². The summed E-state index contributed by atoms with van der Waals surface area (Å²) >= 11 is 3.56. The standard InChI is InChI=1S/C13H18BrNO/c1-2-16-12-7-11(8-12)15-9-10-5-3-4-6-13(10)14/h3-6,11-12,15H,2,7-9H2,1H3. The van der Waals surface area contributed by atoms with Crippen molar-refractivity contribution in [2.75, 3.05) is 6.61 Å². The lowest BCUT2D eigenvalue weighted by atomic mass is 9.89. The van der Waals surface area contributed by atoms with Gasteiger partial charge in [-0.3, -0.25) is 0 Å². The molecule has 3 heteroatoms. The highest BCUT2D eigenvalue weighted by atomic mass is 79.9. The molecule has 0 saturated heterocycles. The van der Waals surface area contributed by atoms with Crippen molar-refractivity contribution in [1.82, 2.24) is 5.32 Å². The Balaban J connectivity index is 1.72. The van der Waals surface area contributed by atoms with Crippen molar-refractivity contribution in [2.24, 2.45) is 0 Å². The maximum atomic E-state index is 5.53. The van der Waals surface area contributed by atoms with Gasteiger partial charge in [0.2, 0.25) is 0 Å². The second kappa shape index (κ2) is 5.80. The van der Waals surface area contributed by atoms with Crippen LogP contribution in [0.25, 0.3) is 0 Å². The van der Waals surface area contributed by atoms with E-state index >= 15 is 0 Å². The zero-order valence-electron chi connectivity index (χ0n) is 9.58. The van der Waals surface area contributed by atoms with E-state index in [1.165, 1.54) is 10.0 Å². The molecule has 0 atom stereocenters. The van der Waals surface area contributed by atoms with Gasteiger partial charge in [0, 0.05) is 23.7 Å². The number of hydrogen-bond acceptors (Lipinski definition) is 2. The van der Waals surface area contributed by atoms with Crippen LogP contribution >= 0.6 is 15.9 Å². The maximum absolute atomic E-state index is 5.53. The number of nitrogens with one attached hydrogen (secondary N) is 1. The van der Waals surface area contributed by atoms with Gasteiger partial charge in [0.05, 0.1) is 6.10 Å². The topological polar surface area (TPSA) is 21.3 Å². The molecule has 0 aromatic heterocycles. The van der Waals surface area contributed by atoms with Crippen LogP contribution in [0.3, 0.4) is 0 Å². The van der Waals surface area contributed by atoms with Crippen LogP contribution in [0, 0.1) is 0 Å². The van der Waals surface area contributed by atoms with Crippen LogP contribution in [0.2, 0.25) is 0 Å². The molecule has 0 amide bonds. The van der Waals surface area contributed by atoms with Crippen molar-refractivity contribution >= 4 is 15.9 Å². The molecule has 88 valence electrons. The summed E-state index contributed by atoms with van der Waals surface area (Å²) in [6.07, 6.45) is 2.79. The lowest BCUT2D eigenvalue weighted by molar-refractivity contribution is -0.0102. The zero-order chi connectivity index (χ0) is 11.4. The number of ether oxygens (including phenoxy) is 1. The smallest absolute Gasteiger partial charge is 0.0604 e. The highest BCUT2D eigenvalue weighted by molar-refractivity contribution is 9.10. The van der Waals surface area contributed by atoms with E-state index in [1.54, 1.807) is 0 Å². The molecule has 1 aromatic carbocycles. The first kappa shape index (κ1) is 12.1. The molecule has 0 aliphatic heterocycles. The molecular formula is C13H18BrNO. The average molecular weight is 284 g/mol. The lowest BCUT2D eigenvalue weighted by Gasteiger charge is -2.35. The molecule has 0 radical (unpaired) electrons. The van der Waals surface area contributed by atoms with Gasteiger partial charge in [-0.1, -0.05) is 34.1 Å². The molecule has 1 aliphatic rings. The van der Waals surface area contributed by atoms with Gasteiger partial charge in [0.1, 0.15) is 0 Å². The van der Waals surface area contributed by atoms with Crippen molar-refractivity contribution in [3.05, 3.63) is 34.3 Å². The summed E-state index contributed by atoms with van der Waals surface area (Å²) in [7, 11) is 0. The van der Waals surface area contributed by atoms with Gasteiger partial charge >= 0.3 is 0 Å². The number of hydrogen-bond donors (Lipinski definition) is 1. The van der Waals surface area contributed by atoms with Crippen LogP contribution in [0.1, 0.15) is 25.3 Å². The van der Waals surface area contributed by atoms with Crippen LogP contribution in [-0.4, -0.2) is 18.8 Å². The zero-order valence-corrected chi connectivity index (χ0v) is 11.2. The van der Waals surface area contributed by atoms with Crippen LogP contribution in [-0.2, 0) is 11.3 Å². The van der Waals surface area contributed by atoms with Gasteiger partial charge in [-0.2, -0.15) is 0 Å².